The monoisotopic (exact) mass is 466 g/mol. The van der Waals surface area contributed by atoms with Crippen molar-refractivity contribution in [2.24, 2.45) is 0 Å². The van der Waals surface area contributed by atoms with E-state index < -0.39 is 30.4 Å². The Bertz CT molecular complexity index is 1010. The molecule has 2 aliphatic rings. The molecule has 0 aliphatic carbocycles. The van der Waals surface area contributed by atoms with Crippen LogP contribution in [0.25, 0.3) is 0 Å². The van der Waals surface area contributed by atoms with Crippen molar-refractivity contribution in [2.75, 3.05) is 45.3 Å². The van der Waals surface area contributed by atoms with Crippen LogP contribution in [0.4, 0.5) is 23.2 Å². The van der Waals surface area contributed by atoms with E-state index in [1.165, 1.54) is 6.07 Å². The molecule has 2 aromatic rings. The molecule has 1 unspecified atom stereocenters. The molecule has 178 valence electrons. The number of piperazine rings is 1. The number of likely N-dealkylation sites (N-methyl/N-ethyl adjacent to an activating group) is 1. The van der Waals surface area contributed by atoms with E-state index in [1.807, 2.05) is 30.1 Å². The Balaban J connectivity index is 1.56. The SMILES string of the molecule is CN1CCN(C(C(=O)NNc2cc(CF)cc(C(F)(F)F)c2)c2ccc3c(c2)CCO3)CC1. The van der Waals surface area contributed by atoms with Crippen LogP contribution in [0.2, 0.25) is 0 Å². The number of rotatable bonds is 6. The van der Waals surface area contributed by atoms with Gasteiger partial charge in [0.25, 0.3) is 5.91 Å². The van der Waals surface area contributed by atoms with Crippen LogP contribution in [0.1, 0.15) is 28.3 Å². The molecule has 1 amide bonds. The Labute approximate surface area is 189 Å². The Morgan fingerprint density at radius 1 is 1.12 bits per heavy atom. The summed E-state index contributed by atoms with van der Waals surface area (Å²) in [5.41, 5.74) is 5.76. The first-order chi connectivity index (χ1) is 15.7. The summed E-state index contributed by atoms with van der Waals surface area (Å²) in [4.78, 5) is 17.5. The molecular formula is C23H26F4N4O2. The number of nitrogens with one attached hydrogen (secondary N) is 2. The first-order valence-electron chi connectivity index (χ1n) is 10.8. The van der Waals surface area contributed by atoms with E-state index in [9.17, 15) is 22.4 Å². The van der Waals surface area contributed by atoms with E-state index >= 15 is 0 Å². The van der Waals surface area contributed by atoms with Gasteiger partial charge in [-0.05, 0) is 54.1 Å². The molecule has 1 atom stereocenters. The maximum absolute atomic E-state index is 13.3. The highest BCUT2D eigenvalue weighted by Gasteiger charge is 2.33. The lowest BCUT2D eigenvalue weighted by molar-refractivity contribution is -0.137. The Morgan fingerprint density at radius 2 is 1.88 bits per heavy atom. The molecule has 2 aromatic carbocycles. The van der Waals surface area contributed by atoms with Crippen molar-refractivity contribution in [3.63, 3.8) is 0 Å². The van der Waals surface area contributed by atoms with Crippen molar-refractivity contribution in [1.82, 2.24) is 15.2 Å². The molecule has 6 nitrogen and oxygen atoms in total. The molecule has 0 aromatic heterocycles. The van der Waals surface area contributed by atoms with Crippen molar-refractivity contribution >= 4 is 11.6 Å². The van der Waals surface area contributed by atoms with Gasteiger partial charge in [0.1, 0.15) is 18.5 Å². The van der Waals surface area contributed by atoms with Gasteiger partial charge in [0, 0.05) is 32.6 Å². The smallest absolute Gasteiger partial charge is 0.416 e. The Morgan fingerprint density at radius 3 is 2.58 bits per heavy atom. The summed E-state index contributed by atoms with van der Waals surface area (Å²) in [5.74, 6) is 0.398. The van der Waals surface area contributed by atoms with Crippen LogP contribution in [-0.2, 0) is 24.1 Å². The molecule has 1 fully saturated rings. The van der Waals surface area contributed by atoms with Gasteiger partial charge in [-0.2, -0.15) is 13.2 Å². The normalized spacial score (nSPS) is 17.8. The second-order valence-corrected chi connectivity index (χ2v) is 8.37. The topological polar surface area (TPSA) is 56.8 Å². The summed E-state index contributed by atoms with van der Waals surface area (Å²) in [6, 6.07) is 7.86. The quantitative estimate of drug-likeness (QED) is 0.504. The second-order valence-electron chi connectivity index (χ2n) is 8.37. The third-order valence-electron chi connectivity index (χ3n) is 5.99. The van der Waals surface area contributed by atoms with Crippen LogP contribution in [0.3, 0.4) is 0 Å². The van der Waals surface area contributed by atoms with Gasteiger partial charge in [0.05, 0.1) is 17.9 Å². The lowest BCUT2D eigenvalue weighted by atomic mass is 10.00. The number of alkyl halides is 4. The molecule has 0 saturated carbocycles. The highest BCUT2D eigenvalue weighted by atomic mass is 19.4. The number of halogens is 4. The van der Waals surface area contributed by atoms with Gasteiger partial charge in [-0.25, -0.2) is 4.39 Å². The van der Waals surface area contributed by atoms with Gasteiger partial charge in [0.15, 0.2) is 0 Å². The zero-order chi connectivity index (χ0) is 23.6. The average molecular weight is 466 g/mol. The van der Waals surface area contributed by atoms with Crippen molar-refractivity contribution in [3.05, 3.63) is 58.7 Å². The average Bonchev–Trinajstić information content (AvgIpc) is 3.26. The maximum Gasteiger partial charge on any atom is 0.416 e. The molecule has 0 spiro atoms. The standard InChI is InChI=1S/C23H26F4N4O2/c1-30-5-7-31(8-6-30)21(17-2-3-20-16(12-17)4-9-33-20)22(32)29-28-19-11-15(14-24)10-18(13-19)23(25,26)27/h2-3,10-13,21,28H,4-9,14H2,1H3,(H,29,32). The zero-order valence-electron chi connectivity index (χ0n) is 18.2. The van der Waals surface area contributed by atoms with Gasteiger partial charge in [0.2, 0.25) is 0 Å². The van der Waals surface area contributed by atoms with E-state index in [0.29, 0.717) is 19.7 Å². The van der Waals surface area contributed by atoms with E-state index in [-0.39, 0.29) is 11.3 Å². The third kappa shape index (κ3) is 5.39. The minimum absolute atomic E-state index is 0.0368. The molecule has 10 heteroatoms. The first-order valence-corrected chi connectivity index (χ1v) is 10.8. The fourth-order valence-electron chi connectivity index (χ4n) is 4.19. The number of hydrogen-bond donors (Lipinski definition) is 2. The molecule has 2 heterocycles. The number of ether oxygens (including phenoxy) is 1. The lowest BCUT2D eigenvalue weighted by Crippen LogP contribution is -2.50. The highest BCUT2D eigenvalue weighted by molar-refractivity contribution is 5.84. The predicted molar refractivity (Wildman–Crippen MR) is 115 cm³/mol. The lowest BCUT2D eigenvalue weighted by Gasteiger charge is -2.37. The molecule has 0 radical (unpaired) electrons. The number of carbonyl (C=O) groups is 1. The van der Waals surface area contributed by atoms with Gasteiger partial charge in [-0.3, -0.25) is 20.5 Å². The van der Waals surface area contributed by atoms with E-state index in [1.54, 1.807) is 0 Å². The zero-order valence-corrected chi connectivity index (χ0v) is 18.2. The number of carbonyl (C=O) groups excluding carboxylic acids is 1. The number of nitrogens with zero attached hydrogens (tertiary/aromatic N) is 2. The van der Waals surface area contributed by atoms with Crippen LogP contribution in [0.5, 0.6) is 5.75 Å². The van der Waals surface area contributed by atoms with Crippen molar-refractivity contribution < 1.29 is 27.1 Å². The van der Waals surface area contributed by atoms with Crippen LogP contribution in [0, 0.1) is 0 Å². The maximum atomic E-state index is 13.3. The van der Waals surface area contributed by atoms with Gasteiger partial charge in [-0.1, -0.05) is 6.07 Å². The van der Waals surface area contributed by atoms with Gasteiger partial charge < -0.3 is 9.64 Å². The van der Waals surface area contributed by atoms with Gasteiger partial charge in [-0.15, -0.1) is 0 Å². The minimum Gasteiger partial charge on any atom is -0.493 e. The summed E-state index contributed by atoms with van der Waals surface area (Å²) in [5, 5.41) is 0. The Hall–Kier alpha value is -2.85. The van der Waals surface area contributed by atoms with Crippen LogP contribution in [0.15, 0.2) is 36.4 Å². The molecule has 1 saturated heterocycles. The van der Waals surface area contributed by atoms with Crippen LogP contribution >= 0.6 is 0 Å². The summed E-state index contributed by atoms with van der Waals surface area (Å²) < 4.78 is 58.1. The predicted octanol–water partition coefficient (Wildman–Crippen LogP) is 3.54. The Kier molecular flexibility index (Phi) is 6.76. The van der Waals surface area contributed by atoms with Crippen LogP contribution < -0.4 is 15.6 Å². The number of anilines is 1. The number of hydrazine groups is 1. The largest absolute Gasteiger partial charge is 0.493 e. The van der Waals surface area contributed by atoms with Crippen molar-refractivity contribution in [1.29, 1.82) is 0 Å². The molecule has 4 rings (SSSR count). The third-order valence-corrected chi connectivity index (χ3v) is 5.99. The molecule has 2 N–H and O–H groups in total. The summed E-state index contributed by atoms with van der Waals surface area (Å²) in [7, 11) is 2.01. The van der Waals surface area contributed by atoms with E-state index in [0.717, 1.165) is 48.5 Å². The number of benzene rings is 2. The first kappa shape index (κ1) is 23.3. The highest BCUT2D eigenvalue weighted by Crippen LogP contribution is 2.33. The van der Waals surface area contributed by atoms with E-state index in [2.05, 4.69) is 15.8 Å². The molecule has 33 heavy (non-hydrogen) atoms. The second kappa shape index (κ2) is 9.56. The number of fused-ring (bicyclic) bond motifs is 1. The molecular weight excluding hydrogens is 440 g/mol. The van der Waals surface area contributed by atoms with Crippen molar-refractivity contribution in [3.8, 4) is 5.75 Å². The summed E-state index contributed by atoms with van der Waals surface area (Å²) >= 11 is 0. The van der Waals surface area contributed by atoms with Gasteiger partial charge >= 0.3 is 6.18 Å². The summed E-state index contributed by atoms with van der Waals surface area (Å²) in [6.45, 7) is 2.46. The fourth-order valence-corrected chi connectivity index (χ4v) is 4.19. The van der Waals surface area contributed by atoms with Crippen molar-refractivity contribution in [2.45, 2.75) is 25.3 Å². The minimum atomic E-state index is -4.62. The summed E-state index contributed by atoms with van der Waals surface area (Å²) in [6.07, 6.45) is -3.87. The number of hydrogen-bond acceptors (Lipinski definition) is 5. The molecule has 0 bridgehead atoms. The van der Waals surface area contributed by atoms with Crippen LogP contribution in [-0.4, -0.2) is 55.5 Å². The number of amides is 1. The van der Waals surface area contributed by atoms with E-state index in [4.69, 9.17) is 4.74 Å². The fraction of sp³-hybridized carbons (Fsp3) is 0.435. The molecule has 2 aliphatic heterocycles.